The lowest BCUT2D eigenvalue weighted by Gasteiger charge is -2.11. The zero-order valence-corrected chi connectivity index (χ0v) is 11.3. The van der Waals surface area contributed by atoms with E-state index in [2.05, 4.69) is 11.7 Å². The predicted octanol–water partition coefficient (Wildman–Crippen LogP) is 2.46. The summed E-state index contributed by atoms with van der Waals surface area (Å²) in [5, 5.41) is 0.211. The minimum absolute atomic E-state index is 0.211. The maximum Gasteiger partial charge on any atom is 0.373 e. The number of furan rings is 1. The average molecular weight is 257 g/mol. The second-order valence-corrected chi connectivity index (χ2v) is 5.38. The van der Waals surface area contributed by atoms with E-state index in [-0.39, 0.29) is 11.0 Å². The topological polar surface area (TPSA) is 65.5 Å². The fourth-order valence-electron chi connectivity index (χ4n) is 1.24. The zero-order valence-electron chi connectivity index (χ0n) is 10.4. The van der Waals surface area contributed by atoms with E-state index in [1.807, 2.05) is 13.0 Å². The van der Waals surface area contributed by atoms with E-state index in [9.17, 15) is 4.79 Å². The van der Waals surface area contributed by atoms with Gasteiger partial charge in [0.15, 0.2) is 0 Å². The molecule has 1 rings (SSSR count). The Kier molecular flexibility index (Phi) is 5.58. The maximum atomic E-state index is 11.2. The number of carbonyl (C=O) groups excluding carboxylic acids is 1. The molecule has 0 amide bonds. The Morgan fingerprint density at radius 2 is 2.24 bits per heavy atom. The molecule has 0 aliphatic heterocycles. The van der Waals surface area contributed by atoms with Crippen molar-refractivity contribution < 1.29 is 13.9 Å². The van der Waals surface area contributed by atoms with Gasteiger partial charge >= 0.3 is 5.97 Å². The highest BCUT2D eigenvalue weighted by atomic mass is 32.2. The lowest BCUT2D eigenvalue weighted by atomic mass is 10.2. The van der Waals surface area contributed by atoms with Gasteiger partial charge in [-0.3, -0.25) is 0 Å². The van der Waals surface area contributed by atoms with Gasteiger partial charge in [-0.1, -0.05) is 6.92 Å². The summed E-state index contributed by atoms with van der Waals surface area (Å²) in [6, 6.07) is 3.46. The quantitative estimate of drug-likeness (QED) is 0.793. The van der Waals surface area contributed by atoms with Crippen LogP contribution in [-0.2, 0) is 4.74 Å². The molecule has 2 atom stereocenters. The van der Waals surface area contributed by atoms with Gasteiger partial charge in [0.25, 0.3) is 0 Å². The summed E-state index contributed by atoms with van der Waals surface area (Å²) in [7, 11) is 1.34. The number of nitrogens with two attached hydrogens (primary N) is 1. The molecule has 0 radical (unpaired) electrons. The Morgan fingerprint density at radius 3 is 2.82 bits per heavy atom. The van der Waals surface area contributed by atoms with Gasteiger partial charge in [-0.15, -0.1) is 0 Å². The molecule has 0 saturated heterocycles. The van der Waals surface area contributed by atoms with Gasteiger partial charge in [-0.2, -0.15) is 11.8 Å². The Hall–Kier alpha value is -0.940. The molecule has 17 heavy (non-hydrogen) atoms. The van der Waals surface area contributed by atoms with Crippen molar-refractivity contribution >= 4 is 17.7 Å². The largest absolute Gasteiger partial charge is 0.463 e. The molecule has 1 heterocycles. The van der Waals surface area contributed by atoms with Gasteiger partial charge in [0.2, 0.25) is 5.76 Å². The molecule has 1 aromatic heterocycles. The van der Waals surface area contributed by atoms with Gasteiger partial charge in [0.1, 0.15) is 5.76 Å². The van der Waals surface area contributed by atoms with Gasteiger partial charge in [0.05, 0.1) is 12.4 Å². The maximum absolute atomic E-state index is 11.2. The Labute approximate surface area is 106 Å². The van der Waals surface area contributed by atoms with Crippen LogP contribution < -0.4 is 5.73 Å². The summed E-state index contributed by atoms with van der Waals surface area (Å²) in [6.45, 7) is 4.85. The molecule has 0 bridgehead atoms. The number of esters is 1. The van der Waals surface area contributed by atoms with Crippen molar-refractivity contribution in [2.75, 3.05) is 19.4 Å². The fraction of sp³-hybridized carbons (Fsp3) is 0.583. The van der Waals surface area contributed by atoms with Crippen LogP contribution in [0.5, 0.6) is 0 Å². The van der Waals surface area contributed by atoms with E-state index in [0.29, 0.717) is 12.5 Å². The number of ether oxygens (including phenoxy) is 1. The smallest absolute Gasteiger partial charge is 0.373 e. The number of rotatable bonds is 6. The lowest BCUT2D eigenvalue weighted by Crippen LogP contribution is -2.13. The van der Waals surface area contributed by atoms with Crippen LogP contribution in [0.1, 0.15) is 35.4 Å². The second-order valence-electron chi connectivity index (χ2n) is 4.01. The summed E-state index contributed by atoms with van der Waals surface area (Å²) in [5.41, 5.74) is 5.56. The van der Waals surface area contributed by atoms with E-state index in [4.69, 9.17) is 10.2 Å². The highest BCUT2D eigenvalue weighted by Gasteiger charge is 2.16. The molecule has 4 nitrogen and oxygen atoms in total. The average Bonchev–Trinajstić information content (AvgIpc) is 2.83. The number of thioether (sulfide) groups is 1. The van der Waals surface area contributed by atoms with E-state index in [1.54, 1.807) is 17.8 Å². The summed E-state index contributed by atoms with van der Waals surface area (Å²) in [4.78, 5) is 11.2. The normalized spacial score (nSPS) is 14.4. The first-order chi connectivity index (χ1) is 8.08. The third-order valence-electron chi connectivity index (χ3n) is 2.45. The van der Waals surface area contributed by atoms with Crippen LogP contribution in [0.25, 0.3) is 0 Å². The first kappa shape index (κ1) is 14.1. The van der Waals surface area contributed by atoms with Crippen molar-refractivity contribution in [2.24, 2.45) is 11.7 Å². The molecule has 5 heteroatoms. The molecule has 0 saturated carbocycles. The van der Waals surface area contributed by atoms with Gasteiger partial charge in [-0.25, -0.2) is 4.79 Å². The van der Waals surface area contributed by atoms with Crippen LogP contribution in [0.2, 0.25) is 0 Å². The van der Waals surface area contributed by atoms with Crippen LogP contribution in [0.3, 0.4) is 0 Å². The first-order valence-corrected chi connectivity index (χ1v) is 6.63. The predicted molar refractivity (Wildman–Crippen MR) is 69.1 cm³/mol. The molecule has 0 spiro atoms. The number of hydrogen-bond donors (Lipinski definition) is 1. The number of carbonyl (C=O) groups is 1. The fourth-order valence-corrected chi connectivity index (χ4v) is 2.28. The molecule has 2 unspecified atom stereocenters. The molecule has 0 fully saturated rings. The van der Waals surface area contributed by atoms with Gasteiger partial charge in [-0.05, 0) is 37.3 Å². The summed E-state index contributed by atoms with van der Waals surface area (Å²) in [6.07, 6.45) is 0. The minimum atomic E-state index is -0.441. The SMILES string of the molecule is COC(=O)c1ccc(C(C)SCC(C)CN)o1. The van der Waals surface area contributed by atoms with Crippen molar-refractivity contribution in [3.63, 3.8) is 0 Å². The third kappa shape index (κ3) is 4.09. The Balaban J connectivity index is 2.54. The number of methoxy groups -OCH3 is 1. The molecule has 96 valence electrons. The van der Waals surface area contributed by atoms with Gasteiger partial charge < -0.3 is 14.9 Å². The highest BCUT2D eigenvalue weighted by Crippen LogP contribution is 2.30. The summed E-state index contributed by atoms with van der Waals surface area (Å²) >= 11 is 1.77. The van der Waals surface area contributed by atoms with E-state index in [0.717, 1.165) is 11.5 Å². The van der Waals surface area contributed by atoms with Crippen molar-refractivity contribution in [1.82, 2.24) is 0 Å². The molecule has 0 aliphatic rings. The monoisotopic (exact) mass is 257 g/mol. The molecular formula is C12H19NO3S. The summed E-state index contributed by atoms with van der Waals surface area (Å²) < 4.78 is 10.0. The molecular weight excluding hydrogens is 238 g/mol. The van der Waals surface area contributed by atoms with E-state index < -0.39 is 5.97 Å². The first-order valence-electron chi connectivity index (χ1n) is 5.58. The Morgan fingerprint density at radius 1 is 1.53 bits per heavy atom. The third-order valence-corrected chi connectivity index (χ3v) is 3.94. The van der Waals surface area contributed by atoms with E-state index in [1.165, 1.54) is 7.11 Å². The molecule has 1 aromatic rings. The van der Waals surface area contributed by atoms with Crippen LogP contribution in [0.4, 0.5) is 0 Å². The van der Waals surface area contributed by atoms with Crippen LogP contribution in [0.15, 0.2) is 16.5 Å². The molecule has 0 aromatic carbocycles. The van der Waals surface area contributed by atoms with E-state index >= 15 is 0 Å². The molecule has 0 aliphatic carbocycles. The van der Waals surface area contributed by atoms with Crippen molar-refractivity contribution in [1.29, 1.82) is 0 Å². The minimum Gasteiger partial charge on any atom is -0.463 e. The zero-order chi connectivity index (χ0) is 12.8. The Bertz CT molecular complexity index is 364. The summed E-state index contributed by atoms with van der Waals surface area (Å²) in [5.74, 6) is 2.06. The van der Waals surface area contributed by atoms with Crippen molar-refractivity contribution in [3.8, 4) is 0 Å². The van der Waals surface area contributed by atoms with Crippen molar-refractivity contribution in [2.45, 2.75) is 19.1 Å². The number of hydrogen-bond acceptors (Lipinski definition) is 5. The van der Waals surface area contributed by atoms with Crippen molar-refractivity contribution in [3.05, 3.63) is 23.7 Å². The standard InChI is InChI=1S/C12H19NO3S/c1-8(6-13)7-17-9(2)10-4-5-11(16-10)12(14)15-3/h4-5,8-9H,6-7,13H2,1-3H3. The van der Waals surface area contributed by atoms with Crippen LogP contribution in [-0.4, -0.2) is 25.4 Å². The van der Waals surface area contributed by atoms with Gasteiger partial charge in [0, 0.05) is 0 Å². The second kappa shape index (κ2) is 6.71. The van der Waals surface area contributed by atoms with Crippen LogP contribution >= 0.6 is 11.8 Å². The molecule has 2 N–H and O–H groups in total. The lowest BCUT2D eigenvalue weighted by molar-refractivity contribution is 0.0563. The van der Waals surface area contributed by atoms with Crippen LogP contribution in [0, 0.1) is 5.92 Å². The highest BCUT2D eigenvalue weighted by molar-refractivity contribution is 7.99.